The lowest BCUT2D eigenvalue weighted by Crippen LogP contribution is -2.66. The second-order valence-electron chi connectivity index (χ2n) is 20.7. The highest BCUT2D eigenvalue weighted by atomic mass is 16.5. The third-order valence-corrected chi connectivity index (χ3v) is 17.0. The van der Waals surface area contributed by atoms with Crippen molar-refractivity contribution in [2.24, 2.45) is 56.2 Å². The quantitative estimate of drug-likeness (QED) is 0.216. The number of carboxylic acids is 1. The number of Topliss-reactive ketones (excluding diaryl/α,β-unsaturated/α-hetero) is 1. The molecule has 9 atom stereocenters. The lowest BCUT2D eigenvalue weighted by atomic mass is 9.33. The monoisotopic (exact) mass is 741 g/mol. The summed E-state index contributed by atoms with van der Waals surface area (Å²) in [6.45, 7) is 25.9. The zero-order valence-electron chi connectivity index (χ0n) is 34.8. The van der Waals surface area contributed by atoms with E-state index in [4.69, 9.17) is 9.47 Å². The van der Waals surface area contributed by atoms with Crippen LogP contribution in [-0.4, -0.2) is 103 Å². The van der Waals surface area contributed by atoms with Crippen molar-refractivity contribution in [3.05, 3.63) is 11.1 Å². The van der Waals surface area contributed by atoms with Crippen molar-refractivity contribution in [3.8, 4) is 0 Å². The number of esters is 1. The Kier molecular flexibility index (Phi) is 11.0. The Morgan fingerprint density at radius 2 is 1.55 bits per heavy atom. The lowest BCUT2D eigenvalue weighted by Gasteiger charge is -2.72. The first-order valence-electron chi connectivity index (χ1n) is 21.0. The van der Waals surface area contributed by atoms with E-state index in [0.29, 0.717) is 24.8 Å². The molecule has 5 fully saturated rings. The van der Waals surface area contributed by atoms with Gasteiger partial charge in [0.05, 0.1) is 24.5 Å². The third-order valence-electron chi connectivity index (χ3n) is 17.0. The minimum atomic E-state index is -1.16. The number of hydrogen-bond donors (Lipinski definition) is 2. The van der Waals surface area contributed by atoms with Gasteiger partial charge in [-0.15, -0.1) is 0 Å². The molecule has 0 radical (unpaired) electrons. The maximum Gasteiger partial charge on any atom is 0.309 e. The summed E-state index contributed by atoms with van der Waals surface area (Å²) in [5, 5.41) is 22.0. The van der Waals surface area contributed by atoms with Gasteiger partial charge in [0.25, 0.3) is 0 Å². The van der Waals surface area contributed by atoms with Crippen LogP contribution in [0.4, 0.5) is 0 Å². The fourth-order valence-electron chi connectivity index (χ4n) is 13.7. The number of allylic oxidation sites excluding steroid dienone is 1. The Morgan fingerprint density at radius 1 is 0.887 bits per heavy atom. The molecule has 53 heavy (non-hydrogen) atoms. The average molecular weight is 741 g/mol. The van der Waals surface area contributed by atoms with Gasteiger partial charge in [-0.05, 0) is 111 Å². The number of aliphatic carboxylic acids is 1. The molecule has 1 heterocycles. The maximum absolute atomic E-state index is 14.1. The van der Waals surface area contributed by atoms with E-state index in [1.807, 2.05) is 0 Å². The molecular formula is C44H72N2O7. The Balaban J connectivity index is 1.25. The van der Waals surface area contributed by atoms with Gasteiger partial charge in [-0.3, -0.25) is 24.2 Å². The number of carboxylic acid groups (broad SMARTS) is 1. The van der Waals surface area contributed by atoms with Crippen LogP contribution in [0, 0.1) is 56.2 Å². The van der Waals surface area contributed by atoms with Crippen LogP contribution in [0.3, 0.4) is 0 Å². The first kappa shape index (κ1) is 40.8. The highest BCUT2D eigenvalue weighted by Crippen LogP contribution is 2.77. The van der Waals surface area contributed by atoms with Crippen molar-refractivity contribution in [2.45, 2.75) is 139 Å². The normalized spacial score (nSPS) is 39.6. The molecule has 1 saturated heterocycles. The SMILES string of the molecule is COCCN1CCN(C[C@@H](O)[C@@]23CC[C@]4(C)[C@H](CC[C@@H]5C6(C)CC[C@H](OC(=O)CC(C)(C)C(=O)O)C(C)(C)[C@@H]6CC[C@]54C)C2=C(C(C)C)C(=O)C3)CC1. The number of carbonyl (C=O) groups excluding carboxylic acids is 2. The molecule has 0 aromatic carbocycles. The Morgan fingerprint density at radius 3 is 2.17 bits per heavy atom. The first-order valence-corrected chi connectivity index (χ1v) is 21.0. The van der Waals surface area contributed by atoms with Crippen LogP contribution in [-0.2, 0) is 23.9 Å². The summed E-state index contributed by atoms with van der Waals surface area (Å²) >= 11 is 0. The van der Waals surface area contributed by atoms with Crippen molar-refractivity contribution in [1.29, 1.82) is 0 Å². The smallest absolute Gasteiger partial charge is 0.309 e. The van der Waals surface area contributed by atoms with Crippen molar-refractivity contribution in [1.82, 2.24) is 9.80 Å². The van der Waals surface area contributed by atoms with Crippen molar-refractivity contribution < 1.29 is 34.1 Å². The number of hydrogen-bond acceptors (Lipinski definition) is 8. The molecule has 4 saturated carbocycles. The number of ether oxygens (including phenoxy) is 2. The van der Waals surface area contributed by atoms with Gasteiger partial charge in [-0.1, -0.05) is 54.0 Å². The average Bonchev–Trinajstić information content (AvgIpc) is 3.39. The molecule has 9 heteroatoms. The third kappa shape index (κ3) is 6.57. The van der Waals surface area contributed by atoms with Crippen molar-refractivity contribution in [3.63, 3.8) is 0 Å². The van der Waals surface area contributed by atoms with E-state index >= 15 is 0 Å². The number of β-amino-alcohol motifs (C(OH)–C–C–N with tert-alkyl or cyclic N) is 1. The summed E-state index contributed by atoms with van der Waals surface area (Å²) in [5.41, 5.74) is 0.657. The number of piperazine rings is 1. The van der Waals surface area contributed by atoms with Crippen LogP contribution in [0.2, 0.25) is 0 Å². The standard InChI is InChI=1S/C44H72N2O7/c1-28(2)36-30(47)25-44(33(48)27-46-21-19-45(20-22-46)23-24-52-10)18-17-42(8)29(37(36)44)11-12-32-41(7)15-14-34(53-35(49)26-39(3,4)38(50)51)40(5,6)31(41)13-16-43(32,42)9/h28-29,31-34,48H,11-27H2,1-10H3,(H,50,51)/t29-,31+,32-,33-,34+,41?,42-,43-,44+/m1/s1. The highest BCUT2D eigenvalue weighted by molar-refractivity contribution is 6.00. The van der Waals surface area contributed by atoms with Gasteiger partial charge in [-0.25, -0.2) is 0 Å². The van der Waals surface area contributed by atoms with Gasteiger partial charge in [0.1, 0.15) is 6.10 Å². The molecule has 1 unspecified atom stereocenters. The second kappa shape index (κ2) is 14.3. The van der Waals surface area contributed by atoms with Crippen LogP contribution >= 0.6 is 0 Å². The van der Waals surface area contributed by atoms with Crippen LogP contribution in [0.1, 0.15) is 127 Å². The minimum Gasteiger partial charge on any atom is -0.481 e. The molecule has 2 N–H and O–H groups in total. The van der Waals surface area contributed by atoms with Gasteiger partial charge in [0.2, 0.25) is 0 Å². The molecule has 1 aliphatic heterocycles. The first-order chi connectivity index (χ1) is 24.7. The molecule has 0 aromatic rings. The second-order valence-corrected chi connectivity index (χ2v) is 20.7. The van der Waals surface area contributed by atoms with E-state index in [2.05, 4.69) is 58.3 Å². The predicted molar refractivity (Wildman–Crippen MR) is 206 cm³/mol. The number of methoxy groups -OCH3 is 1. The lowest BCUT2D eigenvalue weighted by molar-refractivity contribution is -0.235. The zero-order valence-corrected chi connectivity index (χ0v) is 34.8. The molecule has 0 aromatic heterocycles. The summed E-state index contributed by atoms with van der Waals surface area (Å²) in [6.07, 6.45) is 7.52. The largest absolute Gasteiger partial charge is 0.481 e. The summed E-state index contributed by atoms with van der Waals surface area (Å²) in [6, 6.07) is 0. The molecule has 300 valence electrons. The Bertz CT molecular complexity index is 1460. The molecule has 0 spiro atoms. The predicted octanol–water partition coefficient (Wildman–Crippen LogP) is 7.00. The van der Waals surface area contributed by atoms with Crippen LogP contribution < -0.4 is 0 Å². The number of aliphatic hydroxyl groups excluding tert-OH is 1. The molecule has 6 rings (SSSR count). The van der Waals surface area contributed by atoms with E-state index in [9.17, 15) is 24.6 Å². The van der Waals surface area contributed by atoms with Gasteiger partial charge in [0.15, 0.2) is 5.78 Å². The highest BCUT2D eigenvalue weighted by Gasteiger charge is 2.71. The zero-order chi connectivity index (χ0) is 38.9. The van der Waals surface area contributed by atoms with E-state index in [1.165, 1.54) is 5.57 Å². The topological polar surface area (TPSA) is 117 Å². The van der Waals surface area contributed by atoms with E-state index in [1.54, 1.807) is 21.0 Å². The molecule has 9 nitrogen and oxygen atoms in total. The minimum absolute atomic E-state index is 0.00998. The molecule has 5 aliphatic carbocycles. The number of carbonyl (C=O) groups is 3. The van der Waals surface area contributed by atoms with Crippen LogP contribution in [0.25, 0.3) is 0 Å². The van der Waals surface area contributed by atoms with Gasteiger partial charge in [-0.2, -0.15) is 0 Å². The fourth-order valence-corrected chi connectivity index (χ4v) is 13.7. The van der Waals surface area contributed by atoms with Crippen molar-refractivity contribution >= 4 is 17.7 Å². The van der Waals surface area contributed by atoms with Crippen LogP contribution in [0.5, 0.6) is 0 Å². The van der Waals surface area contributed by atoms with E-state index in [-0.39, 0.29) is 51.8 Å². The van der Waals surface area contributed by atoms with Gasteiger partial charge >= 0.3 is 11.9 Å². The molecule has 6 aliphatic rings. The van der Waals surface area contributed by atoms with Gasteiger partial charge in [0, 0.05) is 63.6 Å². The van der Waals surface area contributed by atoms with Crippen molar-refractivity contribution in [2.75, 3.05) is 53.0 Å². The molecule has 0 bridgehead atoms. The summed E-state index contributed by atoms with van der Waals surface area (Å²) < 4.78 is 11.5. The maximum atomic E-state index is 14.1. The summed E-state index contributed by atoms with van der Waals surface area (Å²) in [5.74, 6) is 0.175. The number of aliphatic hydroxyl groups is 1. The Hall–Kier alpha value is -1.81. The van der Waals surface area contributed by atoms with E-state index in [0.717, 1.165) is 96.3 Å². The van der Waals surface area contributed by atoms with E-state index < -0.39 is 28.9 Å². The Labute approximate surface area is 320 Å². The molecular weight excluding hydrogens is 668 g/mol. The summed E-state index contributed by atoms with van der Waals surface area (Å²) in [7, 11) is 1.75. The number of nitrogens with zero attached hydrogens (tertiary/aromatic N) is 2. The number of fused-ring (bicyclic) bond motifs is 7. The van der Waals surface area contributed by atoms with Gasteiger partial charge < -0.3 is 19.7 Å². The summed E-state index contributed by atoms with van der Waals surface area (Å²) in [4.78, 5) is 43.9. The fraction of sp³-hybridized carbons (Fsp3) is 0.886. The van der Waals surface area contributed by atoms with Crippen LogP contribution in [0.15, 0.2) is 11.1 Å². The number of ketones is 1. The number of rotatable bonds is 11. The molecule has 0 amide bonds.